The first-order valence-corrected chi connectivity index (χ1v) is 6.87. The highest BCUT2D eigenvalue weighted by Crippen LogP contribution is 2.29. The topological polar surface area (TPSA) is 37.8 Å². The summed E-state index contributed by atoms with van der Waals surface area (Å²) in [5.41, 5.74) is 4.45. The van der Waals surface area contributed by atoms with Gasteiger partial charge in [-0.05, 0) is 38.3 Å². The van der Waals surface area contributed by atoms with E-state index in [0.717, 1.165) is 29.7 Å². The molecule has 0 unspecified atom stereocenters. The minimum absolute atomic E-state index is 0.369. The zero-order valence-corrected chi connectivity index (χ0v) is 12.4. The average Bonchev–Trinajstić information content (AvgIpc) is 2.38. The highest BCUT2D eigenvalue weighted by Gasteiger charge is 2.14. The van der Waals surface area contributed by atoms with Gasteiger partial charge in [0, 0.05) is 12.1 Å². The Morgan fingerprint density at radius 2 is 1.80 bits per heavy atom. The lowest BCUT2D eigenvalue weighted by molar-refractivity contribution is 0.618. The maximum atomic E-state index is 14.1. The van der Waals surface area contributed by atoms with Gasteiger partial charge in [-0.2, -0.15) is 0 Å². The Labute approximate surface area is 119 Å². The number of hydrogen-bond donors (Lipinski definition) is 1. The molecule has 1 N–H and O–H groups in total. The zero-order valence-electron chi connectivity index (χ0n) is 12.4. The third-order valence-corrected chi connectivity index (χ3v) is 3.19. The van der Waals surface area contributed by atoms with Crippen molar-refractivity contribution in [2.45, 2.75) is 34.1 Å². The van der Waals surface area contributed by atoms with Crippen LogP contribution >= 0.6 is 0 Å². The standard InChI is InChI=1S/C16H20FN3/c1-5-6-18-16-19-9-13(17)15(20-16)14-11(3)7-10(2)8-12(14)4/h7-9H,5-6H2,1-4H3,(H,18,19,20). The molecule has 20 heavy (non-hydrogen) atoms. The molecule has 0 aliphatic carbocycles. The molecule has 0 aliphatic heterocycles. The van der Waals surface area contributed by atoms with Crippen LogP contribution in [-0.4, -0.2) is 16.5 Å². The Morgan fingerprint density at radius 3 is 2.40 bits per heavy atom. The monoisotopic (exact) mass is 273 g/mol. The van der Waals surface area contributed by atoms with Crippen LogP contribution in [0.1, 0.15) is 30.0 Å². The SMILES string of the molecule is CCCNc1ncc(F)c(-c2c(C)cc(C)cc2C)n1. The Balaban J connectivity index is 2.51. The van der Waals surface area contributed by atoms with Crippen LogP contribution in [0, 0.1) is 26.6 Å². The molecule has 1 aromatic heterocycles. The largest absolute Gasteiger partial charge is 0.354 e. The lowest BCUT2D eigenvalue weighted by Gasteiger charge is -2.12. The average molecular weight is 273 g/mol. The van der Waals surface area contributed by atoms with E-state index < -0.39 is 0 Å². The van der Waals surface area contributed by atoms with Crippen molar-refractivity contribution in [2.75, 3.05) is 11.9 Å². The second-order valence-electron chi connectivity index (χ2n) is 5.09. The maximum absolute atomic E-state index is 14.1. The summed E-state index contributed by atoms with van der Waals surface area (Å²) < 4.78 is 14.1. The molecular formula is C16H20FN3. The molecule has 0 bridgehead atoms. The molecule has 2 rings (SSSR count). The summed E-state index contributed by atoms with van der Waals surface area (Å²) >= 11 is 0. The van der Waals surface area contributed by atoms with Crippen molar-refractivity contribution >= 4 is 5.95 Å². The van der Waals surface area contributed by atoms with Gasteiger partial charge in [-0.3, -0.25) is 0 Å². The van der Waals surface area contributed by atoms with Crippen LogP contribution in [0.25, 0.3) is 11.3 Å². The van der Waals surface area contributed by atoms with Crippen LogP contribution in [0.4, 0.5) is 10.3 Å². The van der Waals surface area contributed by atoms with Gasteiger partial charge in [0.15, 0.2) is 5.82 Å². The minimum Gasteiger partial charge on any atom is -0.354 e. The van der Waals surface area contributed by atoms with E-state index in [9.17, 15) is 4.39 Å². The Bertz CT molecular complexity index is 600. The number of benzene rings is 1. The molecule has 0 fully saturated rings. The van der Waals surface area contributed by atoms with Gasteiger partial charge < -0.3 is 5.32 Å². The van der Waals surface area contributed by atoms with Crippen LogP contribution in [0.5, 0.6) is 0 Å². The molecule has 0 amide bonds. The number of nitrogens with zero attached hydrogens (tertiary/aromatic N) is 2. The van der Waals surface area contributed by atoms with Crippen molar-refractivity contribution in [3.05, 3.63) is 40.8 Å². The molecule has 3 nitrogen and oxygen atoms in total. The van der Waals surface area contributed by atoms with Crippen molar-refractivity contribution < 1.29 is 4.39 Å². The van der Waals surface area contributed by atoms with E-state index in [1.165, 1.54) is 11.8 Å². The molecule has 0 atom stereocenters. The van der Waals surface area contributed by atoms with Gasteiger partial charge in [0.25, 0.3) is 0 Å². The van der Waals surface area contributed by atoms with Gasteiger partial charge in [0.2, 0.25) is 5.95 Å². The second-order valence-corrected chi connectivity index (χ2v) is 5.09. The summed E-state index contributed by atoms with van der Waals surface area (Å²) in [6.45, 7) is 8.84. The molecule has 1 aromatic carbocycles. The van der Waals surface area contributed by atoms with E-state index in [1.807, 2.05) is 32.9 Å². The van der Waals surface area contributed by atoms with E-state index in [1.54, 1.807) is 0 Å². The van der Waals surface area contributed by atoms with E-state index in [-0.39, 0.29) is 5.82 Å². The van der Waals surface area contributed by atoms with Gasteiger partial charge in [-0.15, -0.1) is 0 Å². The van der Waals surface area contributed by atoms with Gasteiger partial charge in [0.05, 0.1) is 6.20 Å². The van der Waals surface area contributed by atoms with E-state index in [4.69, 9.17) is 0 Å². The van der Waals surface area contributed by atoms with Gasteiger partial charge in [0.1, 0.15) is 5.69 Å². The highest BCUT2D eigenvalue weighted by molar-refractivity contribution is 5.69. The number of aryl methyl sites for hydroxylation is 3. The van der Waals surface area contributed by atoms with Crippen molar-refractivity contribution in [3.8, 4) is 11.3 Å². The van der Waals surface area contributed by atoms with Crippen LogP contribution in [-0.2, 0) is 0 Å². The molecule has 106 valence electrons. The van der Waals surface area contributed by atoms with Gasteiger partial charge in [-0.1, -0.05) is 24.6 Å². The van der Waals surface area contributed by atoms with E-state index >= 15 is 0 Å². The summed E-state index contributed by atoms with van der Waals surface area (Å²) in [4.78, 5) is 8.32. The molecule has 2 aromatic rings. The number of nitrogens with one attached hydrogen (secondary N) is 1. The normalized spacial score (nSPS) is 10.7. The van der Waals surface area contributed by atoms with Crippen LogP contribution in [0.2, 0.25) is 0 Å². The first-order valence-electron chi connectivity index (χ1n) is 6.87. The van der Waals surface area contributed by atoms with Crippen LogP contribution < -0.4 is 5.32 Å². The lowest BCUT2D eigenvalue weighted by atomic mass is 9.97. The minimum atomic E-state index is -0.387. The van der Waals surface area contributed by atoms with Crippen molar-refractivity contribution in [1.29, 1.82) is 0 Å². The fourth-order valence-corrected chi connectivity index (χ4v) is 2.42. The molecule has 0 saturated heterocycles. The van der Waals surface area contributed by atoms with Crippen molar-refractivity contribution in [1.82, 2.24) is 9.97 Å². The van der Waals surface area contributed by atoms with E-state index in [2.05, 4.69) is 22.2 Å². The van der Waals surface area contributed by atoms with Gasteiger partial charge >= 0.3 is 0 Å². The summed E-state index contributed by atoms with van der Waals surface area (Å²) in [6, 6.07) is 4.09. The predicted molar refractivity (Wildman–Crippen MR) is 80.4 cm³/mol. The quantitative estimate of drug-likeness (QED) is 0.914. The van der Waals surface area contributed by atoms with E-state index in [0.29, 0.717) is 11.6 Å². The van der Waals surface area contributed by atoms with Crippen LogP contribution in [0.3, 0.4) is 0 Å². The summed E-state index contributed by atoms with van der Waals surface area (Å²) in [5, 5.41) is 3.09. The number of halogens is 1. The molecule has 4 heteroatoms. The Kier molecular flexibility index (Phi) is 4.32. The van der Waals surface area contributed by atoms with Crippen molar-refractivity contribution in [3.63, 3.8) is 0 Å². The summed E-state index contributed by atoms with van der Waals surface area (Å²) in [7, 11) is 0. The summed E-state index contributed by atoms with van der Waals surface area (Å²) in [6.07, 6.45) is 2.21. The van der Waals surface area contributed by atoms with Gasteiger partial charge in [-0.25, -0.2) is 14.4 Å². The molecule has 0 spiro atoms. The number of anilines is 1. The molecule has 0 aliphatic rings. The predicted octanol–water partition coefficient (Wildman–Crippen LogP) is 4.03. The highest BCUT2D eigenvalue weighted by atomic mass is 19.1. The molecule has 0 saturated carbocycles. The Hall–Kier alpha value is -1.97. The first kappa shape index (κ1) is 14.4. The fourth-order valence-electron chi connectivity index (χ4n) is 2.42. The maximum Gasteiger partial charge on any atom is 0.223 e. The third kappa shape index (κ3) is 2.95. The number of aromatic nitrogens is 2. The summed E-state index contributed by atoms with van der Waals surface area (Å²) in [5.74, 6) is 0.0877. The molecule has 1 heterocycles. The van der Waals surface area contributed by atoms with Crippen LogP contribution in [0.15, 0.2) is 18.3 Å². The Morgan fingerprint density at radius 1 is 1.15 bits per heavy atom. The first-order chi connectivity index (χ1) is 9.52. The number of rotatable bonds is 4. The second kappa shape index (κ2) is 5.99. The molecular weight excluding hydrogens is 253 g/mol. The number of hydrogen-bond acceptors (Lipinski definition) is 3. The van der Waals surface area contributed by atoms with Crippen molar-refractivity contribution in [2.24, 2.45) is 0 Å². The fraction of sp³-hybridized carbons (Fsp3) is 0.375. The lowest BCUT2D eigenvalue weighted by Crippen LogP contribution is -2.06. The zero-order chi connectivity index (χ0) is 14.7. The third-order valence-electron chi connectivity index (χ3n) is 3.19. The smallest absolute Gasteiger partial charge is 0.223 e. The molecule has 0 radical (unpaired) electrons.